The van der Waals surface area contributed by atoms with Crippen molar-refractivity contribution in [3.63, 3.8) is 0 Å². The number of aliphatic hydroxyl groups is 1. The summed E-state index contributed by atoms with van der Waals surface area (Å²) < 4.78 is 5.19. The number of thioether (sulfide) groups is 1. The highest BCUT2D eigenvalue weighted by Gasteiger charge is 2.10. The van der Waals surface area contributed by atoms with Gasteiger partial charge in [0.1, 0.15) is 0 Å². The summed E-state index contributed by atoms with van der Waals surface area (Å²) in [7, 11) is 0. The van der Waals surface area contributed by atoms with Crippen LogP contribution in [0.1, 0.15) is 50.1 Å². The third-order valence-corrected chi connectivity index (χ3v) is 3.68. The predicted molar refractivity (Wildman–Crippen MR) is 75.0 cm³/mol. The van der Waals surface area contributed by atoms with E-state index >= 15 is 0 Å². The van der Waals surface area contributed by atoms with Crippen LogP contribution in [0.2, 0.25) is 0 Å². The molecule has 1 unspecified atom stereocenters. The molecule has 1 N–H and O–H groups in total. The van der Waals surface area contributed by atoms with Crippen LogP contribution in [0, 0.1) is 0 Å². The van der Waals surface area contributed by atoms with E-state index in [9.17, 15) is 5.11 Å². The third-order valence-electron chi connectivity index (χ3n) is 2.70. The van der Waals surface area contributed by atoms with Gasteiger partial charge in [-0.15, -0.1) is 11.8 Å². The molecule has 1 aromatic heterocycles. The zero-order valence-corrected chi connectivity index (χ0v) is 12.1. The van der Waals surface area contributed by atoms with Crippen LogP contribution in [-0.2, 0) is 5.75 Å². The van der Waals surface area contributed by atoms with Gasteiger partial charge in [0.25, 0.3) is 0 Å². The quantitative estimate of drug-likeness (QED) is 0.848. The first kappa shape index (κ1) is 14.1. The molecule has 0 fully saturated rings. The van der Waals surface area contributed by atoms with Gasteiger partial charge in [0.05, 0.1) is 11.9 Å². The molecule has 0 saturated carbocycles. The monoisotopic (exact) mass is 278 g/mol. The van der Waals surface area contributed by atoms with Crippen molar-refractivity contribution in [1.82, 2.24) is 10.1 Å². The second kappa shape index (κ2) is 6.21. The highest BCUT2D eigenvalue weighted by atomic mass is 32.2. The molecule has 1 aromatic carbocycles. The lowest BCUT2D eigenvalue weighted by molar-refractivity contribution is 0.199. The fourth-order valence-electron chi connectivity index (χ4n) is 1.57. The maximum absolute atomic E-state index is 9.55. The van der Waals surface area contributed by atoms with Crippen molar-refractivity contribution in [2.75, 3.05) is 0 Å². The molecule has 19 heavy (non-hydrogen) atoms. The van der Waals surface area contributed by atoms with Gasteiger partial charge in [0, 0.05) is 10.8 Å². The van der Waals surface area contributed by atoms with Crippen LogP contribution in [0.15, 0.2) is 33.7 Å². The Morgan fingerprint density at radius 1 is 1.32 bits per heavy atom. The highest BCUT2D eigenvalue weighted by Crippen LogP contribution is 2.25. The fraction of sp³-hybridized carbons (Fsp3) is 0.429. The summed E-state index contributed by atoms with van der Waals surface area (Å²) in [5.74, 6) is 2.30. The smallest absolute Gasteiger partial charge is 0.237 e. The van der Waals surface area contributed by atoms with Crippen LogP contribution < -0.4 is 0 Å². The van der Waals surface area contributed by atoms with E-state index in [-0.39, 0.29) is 5.92 Å². The van der Waals surface area contributed by atoms with E-state index in [0.29, 0.717) is 11.6 Å². The van der Waals surface area contributed by atoms with E-state index in [0.717, 1.165) is 16.3 Å². The topological polar surface area (TPSA) is 59.2 Å². The van der Waals surface area contributed by atoms with E-state index < -0.39 is 6.10 Å². The molecule has 0 aliphatic carbocycles. The molecule has 0 bridgehead atoms. The van der Waals surface area contributed by atoms with E-state index in [4.69, 9.17) is 4.52 Å². The molecule has 0 saturated heterocycles. The first-order chi connectivity index (χ1) is 9.06. The molecule has 102 valence electrons. The van der Waals surface area contributed by atoms with Crippen molar-refractivity contribution in [2.24, 2.45) is 0 Å². The molecular formula is C14H18N2O2S. The molecule has 5 heteroatoms. The Morgan fingerprint density at radius 3 is 2.74 bits per heavy atom. The van der Waals surface area contributed by atoms with Gasteiger partial charge in [-0.1, -0.05) is 31.1 Å². The lowest BCUT2D eigenvalue weighted by atomic mass is 10.1. The number of aliphatic hydroxyl groups excluding tert-OH is 1. The van der Waals surface area contributed by atoms with E-state index in [1.54, 1.807) is 18.7 Å². The first-order valence-electron chi connectivity index (χ1n) is 6.29. The van der Waals surface area contributed by atoms with Gasteiger partial charge in [-0.3, -0.25) is 0 Å². The van der Waals surface area contributed by atoms with Crippen LogP contribution >= 0.6 is 11.8 Å². The minimum absolute atomic E-state index is 0.279. The van der Waals surface area contributed by atoms with Crippen LogP contribution in [0.5, 0.6) is 0 Å². The van der Waals surface area contributed by atoms with E-state index in [1.165, 1.54) is 0 Å². The molecule has 1 heterocycles. The van der Waals surface area contributed by atoms with Crippen LogP contribution in [0.25, 0.3) is 0 Å². The summed E-state index contributed by atoms with van der Waals surface area (Å²) in [6.45, 7) is 5.83. The largest absolute Gasteiger partial charge is 0.389 e. The molecular weight excluding hydrogens is 260 g/mol. The Bertz CT molecular complexity index is 538. The lowest BCUT2D eigenvalue weighted by Crippen LogP contribution is -1.91. The van der Waals surface area contributed by atoms with Gasteiger partial charge in [-0.05, 0) is 24.6 Å². The fourth-order valence-corrected chi connectivity index (χ4v) is 2.37. The average molecular weight is 278 g/mol. The van der Waals surface area contributed by atoms with Gasteiger partial charge >= 0.3 is 0 Å². The Balaban J connectivity index is 1.99. The van der Waals surface area contributed by atoms with Crippen LogP contribution in [0.4, 0.5) is 0 Å². The number of benzene rings is 1. The molecule has 0 aliphatic heterocycles. The highest BCUT2D eigenvalue weighted by molar-refractivity contribution is 7.98. The number of aromatic nitrogens is 2. The summed E-state index contributed by atoms with van der Waals surface area (Å²) in [5.41, 5.74) is 0.915. The number of nitrogens with zero attached hydrogens (tertiary/aromatic N) is 2. The molecule has 0 spiro atoms. The molecule has 1 atom stereocenters. The Hall–Kier alpha value is -1.33. The van der Waals surface area contributed by atoms with E-state index in [2.05, 4.69) is 10.1 Å². The number of rotatable bonds is 5. The maximum atomic E-state index is 9.55. The van der Waals surface area contributed by atoms with Gasteiger partial charge in [-0.25, -0.2) is 0 Å². The standard InChI is InChI=1S/C14H18N2O2S/c1-9(2)14-15-13(18-16-14)8-19-12-6-4-5-11(7-12)10(3)17/h4-7,9-10,17H,8H2,1-3H3. The third kappa shape index (κ3) is 3.81. The normalized spacial score (nSPS) is 12.9. The summed E-state index contributed by atoms with van der Waals surface area (Å²) >= 11 is 1.62. The molecule has 0 radical (unpaired) electrons. The van der Waals surface area contributed by atoms with Crippen molar-refractivity contribution < 1.29 is 9.63 Å². The van der Waals surface area contributed by atoms with Crippen molar-refractivity contribution in [2.45, 2.75) is 43.4 Å². The molecule has 2 rings (SSSR count). The van der Waals surface area contributed by atoms with E-state index in [1.807, 2.05) is 38.1 Å². The second-order valence-corrected chi connectivity index (χ2v) is 5.79. The SMILES string of the molecule is CC(C)c1noc(CSc2cccc(C(C)O)c2)n1. The van der Waals surface area contributed by atoms with Crippen molar-refractivity contribution in [3.05, 3.63) is 41.5 Å². The van der Waals surface area contributed by atoms with Crippen molar-refractivity contribution in [3.8, 4) is 0 Å². The Kier molecular flexibility index (Phi) is 4.61. The Morgan fingerprint density at radius 2 is 2.11 bits per heavy atom. The minimum atomic E-state index is -0.448. The summed E-state index contributed by atoms with van der Waals surface area (Å²) in [6.07, 6.45) is -0.448. The first-order valence-corrected chi connectivity index (χ1v) is 7.28. The summed E-state index contributed by atoms with van der Waals surface area (Å²) in [5, 5.41) is 13.5. The van der Waals surface area contributed by atoms with Crippen LogP contribution in [-0.4, -0.2) is 15.2 Å². The molecule has 2 aromatic rings. The van der Waals surface area contributed by atoms with Gasteiger partial charge < -0.3 is 9.63 Å². The summed E-state index contributed by atoms with van der Waals surface area (Å²) in [4.78, 5) is 5.42. The molecule has 4 nitrogen and oxygen atoms in total. The molecule has 0 aliphatic rings. The zero-order chi connectivity index (χ0) is 13.8. The van der Waals surface area contributed by atoms with Crippen molar-refractivity contribution in [1.29, 1.82) is 0 Å². The predicted octanol–water partition coefficient (Wildman–Crippen LogP) is 3.54. The summed E-state index contributed by atoms with van der Waals surface area (Å²) in [6, 6.07) is 7.85. The minimum Gasteiger partial charge on any atom is -0.389 e. The Labute approximate surface area is 117 Å². The number of hydrogen-bond acceptors (Lipinski definition) is 5. The lowest BCUT2D eigenvalue weighted by Gasteiger charge is -2.06. The average Bonchev–Trinajstić information content (AvgIpc) is 2.85. The number of hydrogen-bond donors (Lipinski definition) is 1. The molecule has 0 amide bonds. The maximum Gasteiger partial charge on any atom is 0.237 e. The van der Waals surface area contributed by atoms with Gasteiger partial charge in [0.2, 0.25) is 5.89 Å². The zero-order valence-electron chi connectivity index (χ0n) is 11.3. The van der Waals surface area contributed by atoms with Gasteiger partial charge in [0.15, 0.2) is 5.82 Å². The van der Waals surface area contributed by atoms with Crippen molar-refractivity contribution >= 4 is 11.8 Å². The van der Waals surface area contributed by atoms with Crippen LogP contribution in [0.3, 0.4) is 0 Å². The van der Waals surface area contributed by atoms with Gasteiger partial charge in [-0.2, -0.15) is 4.98 Å². The second-order valence-electron chi connectivity index (χ2n) is 4.74.